The lowest BCUT2D eigenvalue weighted by Gasteiger charge is -2.29. The molecule has 2 aliphatic carbocycles. The highest BCUT2D eigenvalue weighted by molar-refractivity contribution is 5.90. The van der Waals surface area contributed by atoms with E-state index in [0.29, 0.717) is 55.1 Å². The van der Waals surface area contributed by atoms with Crippen molar-refractivity contribution < 1.29 is 27.4 Å². The van der Waals surface area contributed by atoms with Crippen LogP contribution in [-0.2, 0) is 4.74 Å². The van der Waals surface area contributed by atoms with Crippen LogP contribution in [0, 0.1) is 23.4 Å². The van der Waals surface area contributed by atoms with Crippen molar-refractivity contribution >= 4 is 5.97 Å². The lowest BCUT2D eigenvalue weighted by Crippen LogP contribution is -2.25. The highest BCUT2D eigenvalue weighted by atomic mass is 19.2. The van der Waals surface area contributed by atoms with Gasteiger partial charge in [-0.3, -0.25) is 0 Å². The standard InChI is InChI=1S/C29H33F3O3/c1-3-16-34-22-12-13-23(26(30)17-22)19-8-10-21(11-9-19)35-29(33)25-15-14-24(27(31)28(25)32)20-6-4-18(2)5-7-20/h3,12-15,17-21H,1,4-11,16H2,2H3. The summed E-state index contributed by atoms with van der Waals surface area (Å²) < 4.78 is 55.1. The molecule has 0 bridgehead atoms. The predicted octanol–water partition coefficient (Wildman–Crippen LogP) is 7.85. The minimum absolute atomic E-state index is 0.00471. The maximum Gasteiger partial charge on any atom is 0.341 e. The minimum Gasteiger partial charge on any atom is -0.489 e. The SMILES string of the molecule is C=CCOc1ccc(C2CCC(OC(=O)c3ccc(C4CCC(C)CC4)c(F)c3F)CC2)c(F)c1. The van der Waals surface area contributed by atoms with Crippen molar-refractivity contribution in [2.45, 2.75) is 76.2 Å². The van der Waals surface area contributed by atoms with E-state index in [1.165, 1.54) is 18.2 Å². The zero-order chi connectivity index (χ0) is 24.9. The number of ether oxygens (including phenoxy) is 2. The highest BCUT2D eigenvalue weighted by Crippen LogP contribution is 2.39. The van der Waals surface area contributed by atoms with Gasteiger partial charge in [-0.1, -0.05) is 44.6 Å². The smallest absolute Gasteiger partial charge is 0.341 e. The van der Waals surface area contributed by atoms with Crippen LogP contribution in [0.2, 0.25) is 0 Å². The third kappa shape index (κ3) is 5.91. The fourth-order valence-electron chi connectivity index (χ4n) is 5.40. The summed E-state index contributed by atoms with van der Waals surface area (Å²) in [6.45, 7) is 6.06. The summed E-state index contributed by atoms with van der Waals surface area (Å²) in [5.74, 6) is -2.17. The highest BCUT2D eigenvalue weighted by Gasteiger charge is 2.30. The largest absolute Gasteiger partial charge is 0.489 e. The molecule has 0 N–H and O–H groups in total. The molecule has 0 aliphatic heterocycles. The first-order valence-corrected chi connectivity index (χ1v) is 12.6. The van der Waals surface area contributed by atoms with Crippen LogP contribution in [0.1, 0.15) is 91.6 Å². The van der Waals surface area contributed by atoms with Gasteiger partial charge in [0.25, 0.3) is 0 Å². The molecule has 4 rings (SSSR count). The molecule has 0 saturated heterocycles. The lowest BCUT2D eigenvalue weighted by molar-refractivity contribution is 0.0188. The van der Waals surface area contributed by atoms with Crippen LogP contribution in [0.4, 0.5) is 13.2 Å². The van der Waals surface area contributed by atoms with E-state index >= 15 is 0 Å². The van der Waals surface area contributed by atoms with Gasteiger partial charge in [0.2, 0.25) is 0 Å². The molecule has 35 heavy (non-hydrogen) atoms. The molecule has 0 radical (unpaired) electrons. The Labute approximate surface area is 205 Å². The summed E-state index contributed by atoms with van der Waals surface area (Å²) in [7, 11) is 0. The molecule has 0 amide bonds. The molecule has 2 aliphatic rings. The first kappa shape index (κ1) is 25.3. The van der Waals surface area contributed by atoms with E-state index < -0.39 is 23.7 Å². The van der Waals surface area contributed by atoms with Gasteiger partial charge in [-0.2, -0.15) is 0 Å². The Morgan fingerprint density at radius 3 is 2.20 bits per heavy atom. The Kier molecular flexibility index (Phi) is 8.19. The fourth-order valence-corrected chi connectivity index (χ4v) is 5.40. The van der Waals surface area contributed by atoms with Crippen LogP contribution in [0.15, 0.2) is 43.0 Å². The summed E-state index contributed by atoms with van der Waals surface area (Å²) in [6.07, 6.45) is 7.19. The third-order valence-corrected chi connectivity index (χ3v) is 7.52. The van der Waals surface area contributed by atoms with E-state index in [2.05, 4.69) is 13.5 Å². The monoisotopic (exact) mass is 486 g/mol. The Bertz CT molecular complexity index is 1050. The number of rotatable bonds is 7. The van der Waals surface area contributed by atoms with Gasteiger partial charge in [-0.05, 0) is 79.5 Å². The van der Waals surface area contributed by atoms with E-state index in [9.17, 15) is 18.0 Å². The van der Waals surface area contributed by atoms with Gasteiger partial charge >= 0.3 is 5.97 Å². The van der Waals surface area contributed by atoms with Crippen molar-refractivity contribution in [2.75, 3.05) is 6.61 Å². The lowest BCUT2D eigenvalue weighted by atomic mass is 9.79. The second-order valence-electron chi connectivity index (χ2n) is 9.95. The average molecular weight is 487 g/mol. The molecule has 2 aromatic rings. The van der Waals surface area contributed by atoms with Crippen LogP contribution in [0.5, 0.6) is 5.75 Å². The number of hydrogen-bond donors (Lipinski definition) is 0. The number of hydrogen-bond acceptors (Lipinski definition) is 3. The van der Waals surface area contributed by atoms with E-state index in [-0.39, 0.29) is 23.2 Å². The van der Waals surface area contributed by atoms with E-state index in [0.717, 1.165) is 25.7 Å². The Morgan fingerprint density at radius 1 is 0.914 bits per heavy atom. The molecule has 3 nitrogen and oxygen atoms in total. The Hall–Kier alpha value is -2.76. The molecule has 2 fully saturated rings. The van der Waals surface area contributed by atoms with Crippen molar-refractivity contribution in [1.82, 2.24) is 0 Å². The molecule has 188 valence electrons. The number of halogens is 3. The summed E-state index contributed by atoms with van der Waals surface area (Å²) in [6, 6.07) is 7.74. The number of carbonyl (C=O) groups is 1. The molecule has 0 aromatic heterocycles. The predicted molar refractivity (Wildman–Crippen MR) is 129 cm³/mol. The Morgan fingerprint density at radius 2 is 1.54 bits per heavy atom. The molecule has 0 heterocycles. The topological polar surface area (TPSA) is 35.5 Å². The maximum atomic E-state index is 14.8. The molecular formula is C29H33F3O3. The van der Waals surface area contributed by atoms with Gasteiger partial charge in [-0.25, -0.2) is 18.0 Å². The van der Waals surface area contributed by atoms with Crippen molar-refractivity contribution in [1.29, 1.82) is 0 Å². The molecule has 0 spiro atoms. The fraction of sp³-hybridized carbons (Fsp3) is 0.483. The maximum absolute atomic E-state index is 14.8. The van der Waals surface area contributed by atoms with Crippen LogP contribution in [-0.4, -0.2) is 18.7 Å². The first-order chi connectivity index (χ1) is 16.9. The average Bonchev–Trinajstić information content (AvgIpc) is 2.85. The van der Waals surface area contributed by atoms with Gasteiger partial charge in [0.1, 0.15) is 24.3 Å². The zero-order valence-electron chi connectivity index (χ0n) is 20.2. The quantitative estimate of drug-likeness (QED) is 0.295. The van der Waals surface area contributed by atoms with Crippen LogP contribution in [0.25, 0.3) is 0 Å². The second kappa shape index (κ2) is 11.3. The van der Waals surface area contributed by atoms with Gasteiger partial charge in [0, 0.05) is 6.07 Å². The first-order valence-electron chi connectivity index (χ1n) is 12.6. The molecule has 6 heteroatoms. The van der Waals surface area contributed by atoms with E-state index in [1.807, 2.05) is 0 Å². The number of esters is 1. The summed E-state index contributed by atoms with van der Waals surface area (Å²) in [5, 5.41) is 0. The third-order valence-electron chi connectivity index (χ3n) is 7.52. The molecule has 2 saturated carbocycles. The Balaban J connectivity index is 1.34. The number of carbonyl (C=O) groups excluding carboxylic acids is 1. The van der Waals surface area contributed by atoms with Crippen molar-refractivity contribution in [2.24, 2.45) is 5.92 Å². The van der Waals surface area contributed by atoms with Crippen LogP contribution >= 0.6 is 0 Å². The van der Waals surface area contributed by atoms with E-state index in [1.54, 1.807) is 18.2 Å². The summed E-state index contributed by atoms with van der Waals surface area (Å²) in [5.41, 5.74) is 0.606. The van der Waals surface area contributed by atoms with Gasteiger partial charge in [0.15, 0.2) is 11.6 Å². The normalized spacial score (nSPS) is 24.6. The van der Waals surface area contributed by atoms with Crippen LogP contribution in [0.3, 0.4) is 0 Å². The number of benzene rings is 2. The van der Waals surface area contributed by atoms with Gasteiger partial charge in [-0.15, -0.1) is 0 Å². The van der Waals surface area contributed by atoms with Crippen molar-refractivity contribution in [3.63, 3.8) is 0 Å². The van der Waals surface area contributed by atoms with Crippen molar-refractivity contribution in [3.05, 3.63) is 77.1 Å². The van der Waals surface area contributed by atoms with E-state index in [4.69, 9.17) is 9.47 Å². The molecule has 0 unspecified atom stereocenters. The van der Waals surface area contributed by atoms with Gasteiger partial charge in [0.05, 0.1) is 5.56 Å². The second-order valence-corrected chi connectivity index (χ2v) is 9.95. The minimum atomic E-state index is -1.12. The van der Waals surface area contributed by atoms with Crippen LogP contribution < -0.4 is 4.74 Å². The van der Waals surface area contributed by atoms with Gasteiger partial charge < -0.3 is 9.47 Å². The summed E-state index contributed by atoms with van der Waals surface area (Å²) in [4.78, 5) is 12.6. The summed E-state index contributed by atoms with van der Waals surface area (Å²) >= 11 is 0. The zero-order valence-corrected chi connectivity index (χ0v) is 20.2. The molecule has 2 aromatic carbocycles. The molecular weight excluding hydrogens is 453 g/mol. The van der Waals surface area contributed by atoms with Crippen molar-refractivity contribution in [3.8, 4) is 5.75 Å². The molecule has 0 atom stereocenters.